The van der Waals surface area contributed by atoms with E-state index in [0.717, 1.165) is 0 Å². The van der Waals surface area contributed by atoms with Crippen molar-refractivity contribution in [2.45, 2.75) is 13.8 Å². The first kappa shape index (κ1) is 14.6. The largest absolute Gasteiger partial charge is 0.341 e. The third kappa shape index (κ3) is 3.53. The molecule has 98 valence electrons. The van der Waals surface area contributed by atoms with E-state index in [1.807, 2.05) is 13.8 Å². The Bertz CT molecular complexity index is 474. The maximum absolute atomic E-state index is 12.1. The highest BCUT2D eigenvalue weighted by molar-refractivity contribution is 9.10. The van der Waals surface area contributed by atoms with Gasteiger partial charge in [-0.25, -0.2) is 0 Å². The van der Waals surface area contributed by atoms with Crippen LogP contribution in [0.5, 0.6) is 0 Å². The molecule has 0 aliphatic rings. The van der Waals surface area contributed by atoms with Gasteiger partial charge in [0.1, 0.15) is 0 Å². The second-order valence-electron chi connectivity index (χ2n) is 4.50. The molecule has 0 atom stereocenters. The number of hydrogen-bond acceptors (Lipinski definition) is 3. The first-order chi connectivity index (χ1) is 8.32. The van der Waals surface area contributed by atoms with Crippen LogP contribution in [0.1, 0.15) is 24.2 Å². The van der Waals surface area contributed by atoms with Crippen LogP contribution < -0.4 is 0 Å². The van der Waals surface area contributed by atoms with Gasteiger partial charge in [-0.05, 0) is 27.9 Å². The molecule has 0 bridgehead atoms. The molecule has 0 spiro atoms. The number of carbonyl (C=O) groups excluding carboxylic acids is 1. The molecule has 0 fully saturated rings. The lowest BCUT2D eigenvalue weighted by molar-refractivity contribution is -0.384. The summed E-state index contributed by atoms with van der Waals surface area (Å²) in [5.74, 6) is 0.121. The second kappa shape index (κ2) is 5.95. The van der Waals surface area contributed by atoms with Gasteiger partial charge < -0.3 is 4.90 Å². The summed E-state index contributed by atoms with van der Waals surface area (Å²) in [5, 5.41) is 10.7. The number of nitrogens with zero attached hydrogens (tertiary/aromatic N) is 2. The van der Waals surface area contributed by atoms with Crippen molar-refractivity contribution in [3.8, 4) is 0 Å². The van der Waals surface area contributed by atoms with Crippen LogP contribution in [0.3, 0.4) is 0 Å². The van der Waals surface area contributed by atoms with E-state index in [-0.39, 0.29) is 11.6 Å². The lowest BCUT2D eigenvalue weighted by atomic mass is 10.1. The van der Waals surface area contributed by atoms with Crippen molar-refractivity contribution in [1.29, 1.82) is 0 Å². The number of carbonyl (C=O) groups is 1. The minimum atomic E-state index is -0.508. The van der Waals surface area contributed by atoms with Crippen LogP contribution in [0.4, 0.5) is 5.69 Å². The lowest BCUT2D eigenvalue weighted by Gasteiger charge is -2.19. The Kier molecular flexibility index (Phi) is 4.84. The Hall–Kier alpha value is -1.43. The zero-order valence-electron chi connectivity index (χ0n) is 10.5. The number of amides is 1. The normalized spacial score (nSPS) is 10.5. The summed E-state index contributed by atoms with van der Waals surface area (Å²) in [6.45, 7) is 4.62. The molecule has 1 aromatic rings. The minimum absolute atomic E-state index is 0.0838. The Morgan fingerprint density at radius 3 is 2.61 bits per heavy atom. The quantitative estimate of drug-likeness (QED) is 0.633. The van der Waals surface area contributed by atoms with E-state index in [4.69, 9.17) is 0 Å². The summed E-state index contributed by atoms with van der Waals surface area (Å²) < 4.78 is 0.564. The maximum atomic E-state index is 12.1. The van der Waals surface area contributed by atoms with Crippen LogP contribution in [0, 0.1) is 16.0 Å². The van der Waals surface area contributed by atoms with Crippen molar-refractivity contribution in [3.05, 3.63) is 38.3 Å². The molecule has 1 rings (SSSR count). The third-order valence-corrected chi connectivity index (χ3v) is 3.07. The number of rotatable bonds is 4. The van der Waals surface area contributed by atoms with Gasteiger partial charge in [0.25, 0.3) is 11.6 Å². The topological polar surface area (TPSA) is 63.5 Å². The lowest BCUT2D eigenvalue weighted by Crippen LogP contribution is -2.30. The van der Waals surface area contributed by atoms with Gasteiger partial charge in [0.05, 0.1) is 10.5 Å². The Morgan fingerprint density at radius 1 is 1.50 bits per heavy atom. The molecule has 0 unspecified atom stereocenters. The molecule has 0 saturated carbocycles. The summed E-state index contributed by atoms with van der Waals surface area (Å²) >= 11 is 3.24. The molecule has 6 heteroatoms. The fourth-order valence-corrected chi connectivity index (χ4v) is 2.04. The minimum Gasteiger partial charge on any atom is -0.341 e. The Balaban J connectivity index is 3.04. The van der Waals surface area contributed by atoms with Crippen molar-refractivity contribution in [2.24, 2.45) is 5.92 Å². The summed E-state index contributed by atoms with van der Waals surface area (Å²) in [7, 11) is 1.69. The van der Waals surface area contributed by atoms with Gasteiger partial charge in [-0.1, -0.05) is 13.8 Å². The molecule has 0 heterocycles. The monoisotopic (exact) mass is 314 g/mol. The second-order valence-corrected chi connectivity index (χ2v) is 5.36. The number of non-ortho nitro benzene ring substituents is 1. The van der Waals surface area contributed by atoms with Gasteiger partial charge in [-0.3, -0.25) is 14.9 Å². The highest BCUT2D eigenvalue weighted by Gasteiger charge is 2.19. The highest BCUT2D eigenvalue weighted by Crippen LogP contribution is 2.23. The van der Waals surface area contributed by atoms with Gasteiger partial charge in [0, 0.05) is 30.2 Å². The molecule has 0 aromatic heterocycles. The predicted molar refractivity (Wildman–Crippen MR) is 72.6 cm³/mol. The zero-order chi connectivity index (χ0) is 13.9. The van der Waals surface area contributed by atoms with Crippen molar-refractivity contribution < 1.29 is 9.72 Å². The van der Waals surface area contributed by atoms with Gasteiger partial charge in [-0.15, -0.1) is 0 Å². The van der Waals surface area contributed by atoms with Gasteiger partial charge in [0.15, 0.2) is 0 Å². The van der Waals surface area contributed by atoms with E-state index >= 15 is 0 Å². The Labute approximate surface area is 114 Å². The van der Waals surface area contributed by atoms with Gasteiger partial charge in [-0.2, -0.15) is 0 Å². The first-order valence-corrected chi connectivity index (χ1v) is 6.31. The average molecular weight is 315 g/mol. The number of hydrogen-bond donors (Lipinski definition) is 0. The van der Waals surface area contributed by atoms with Crippen LogP contribution in [-0.2, 0) is 0 Å². The number of benzene rings is 1. The molecule has 0 aliphatic carbocycles. The van der Waals surface area contributed by atoms with E-state index in [0.29, 0.717) is 22.5 Å². The summed E-state index contributed by atoms with van der Waals surface area (Å²) in [4.78, 5) is 23.9. The fraction of sp³-hybridized carbons (Fsp3) is 0.417. The molecule has 0 saturated heterocycles. The third-order valence-electron chi connectivity index (χ3n) is 2.38. The highest BCUT2D eigenvalue weighted by atomic mass is 79.9. The van der Waals surface area contributed by atoms with Crippen molar-refractivity contribution in [3.63, 3.8) is 0 Å². The van der Waals surface area contributed by atoms with Crippen molar-refractivity contribution in [2.75, 3.05) is 13.6 Å². The number of nitro benzene ring substituents is 1. The molecule has 1 amide bonds. The van der Waals surface area contributed by atoms with Crippen molar-refractivity contribution >= 4 is 27.5 Å². The summed E-state index contributed by atoms with van der Waals surface area (Å²) in [5.41, 5.74) is 0.229. The summed E-state index contributed by atoms with van der Waals surface area (Å²) in [6.07, 6.45) is 0. The van der Waals surface area contributed by atoms with Crippen LogP contribution in [0.2, 0.25) is 0 Å². The molecule has 0 N–H and O–H groups in total. The van der Waals surface area contributed by atoms with Crippen LogP contribution in [-0.4, -0.2) is 29.3 Å². The molecular weight excluding hydrogens is 300 g/mol. The van der Waals surface area contributed by atoms with E-state index in [2.05, 4.69) is 15.9 Å². The molecule has 1 aromatic carbocycles. The molecule has 0 aliphatic heterocycles. The molecular formula is C12H15BrN2O3. The van der Waals surface area contributed by atoms with E-state index in [1.165, 1.54) is 18.2 Å². The first-order valence-electron chi connectivity index (χ1n) is 5.52. The van der Waals surface area contributed by atoms with Crippen LogP contribution in [0.25, 0.3) is 0 Å². The van der Waals surface area contributed by atoms with Gasteiger partial charge in [0.2, 0.25) is 0 Å². The average Bonchev–Trinajstić information content (AvgIpc) is 2.27. The molecule has 0 radical (unpaired) electrons. The number of halogens is 1. The van der Waals surface area contributed by atoms with Gasteiger partial charge >= 0.3 is 0 Å². The molecule has 5 nitrogen and oxygen atoms in total. The van der Waals surface area contributed by atoms with Crippen LogP contribution >= 0.6 is 15.9 Å². The van der Waals surface area contributed by atoms with Crippen molar-refractivity contribution in [1.82, 2.24) is 4.90 Å². The van der Waals surface area contributed by atoms with Crippen LogP contribution in [0.15, 0.2) is 22.7 Å². The van der Waals surface area contributed by atoms with E-state index in [9.17, 15) is 14.9 Å². The van der Waals surface area contributed by atoms with E-state index < -0.39 is 4.92 Å². The summed E-state index contributed by atoms with van der Waals surface area (Å²) in [6, 6.07) is 4.18. The molecule has 18 heavy (non-hydrogen) atoms. The standard InChI is InChI=1S/C12H15BrN2O3/c1-8(2)7-14(3)12(16)10-6-9(15(17)18)4-5-11(10)13/h4-6,8H,7H2,1-3H3. The van der Waals surface area contributed by atoms with E-state index in [1.54, 1.807) is 11.9 Å². The fourth-order valence-electron chi connectivity index (χ4n) is 1.63. The zero-order valence-corrected chi connectivity index (χ0v) is 12.1. The predicted octanol–water partition coefficient (Wildman–Crippen LogP) is 3.09. The number of nitro groups is 1. The Morgan fingerprint density at radius 2 is 2.11 bits per heavy atom. The SMILES string of the molecule is CC(C)CN(C)C(=O)c1cc([N+](=O)[O-])ccc1Br. The maximum Gasteiger partial charge on any atom is 0.270 e. The smallest absolute Gasteiger partial charge is 0.270 e.